The number of ether oxygens (including phenoxy) is 1. The fourth-order valence-corrected chi connectivity index (χ4v) is 8.57. The van der Waals surface area contributed by atoms with E-state index in [9.17, 15) is 24.8 Å². The van der Waals surface area contributed by atoms with Gasteiger partial charge in [-0.05, 0) is 61.0 Å². The number of rotatable bonds is 12. The molecule has 2 aliphatic heterocycles. The number of hydrogen-bond donors (Lipinski definition) is 1. The van der Waals surface area contributed by atoms with Crippen molar-refractivity contribution in [1.82, 2.24) is 14.7 Å². The number of likely N-dealkylation sites (tertiary alicyclic amines) is 2. The Morgan fingerprint density at radius 2 is 1.68 bits per heavy atom. The monoisotopic (exact) mass is 646 g/mol. The first-order chi connectivity index (χ1) is 22.8. The first-order valence-electron chi connectivity index (χ1n) is 17.7. The third-order valence-electron chi connectivity index (χ3n) is 11.3. The molecule has 2 aliphatic carbocycles. The minimum atomic E-state index is -0.667. The predicted molar refractivity (Wildman–Crippen MR) is 179 cm³/mol. The molecule has 254 valence electrons. The van der Waals surface area contributed by atoms with Crippen LogP contribution in [0, 0.1) is 27.9 Å². The molecule has 6 rings (SSSR count). The molecule has 2 saturated carbocycles. The van der Waals surface area contributed by atoms with Gasteiger partial charge in [0.25, 0.3) is 5.69 Å². The van der Waals surface area contributed by atoms with Gasteiger partial charge in [0.2, 0.25) is 0 Å². The highest BCUT2D eigenvalue weighted by molar-refractivity contribution is 5.74. The molecule has 4 aliphatic rings. The SMILES string of the molecule is CC1CC1N(C(=O)OCCc1ccc([N+](=O)[O-])cc1)C1CCN(CC2CN(C(C(=O)O)C3CCCCC3)CC2c2ccccc2)CC1. The van der Waals surface area contributed by atoms with Crippen LogP contribution in [0.4, 0.5) is 10.5 Å². The van der Waals surface area contributed by atoms with E-state index in [4.69, 9.17) is 4.74 Å². The second kappa shape index (κ2) is 15.2. The molecule has 2 heterocycles. The summed E-state index contributed by atoms with van der Waals surface area (Å²) in [5.41, 5.74) is 2.25. The average molecular weight is 647 g/mol. The van der Waals surface area contributed by atoms with Crippen molar-refractivity contribution in [2.75, 3.05) is 39.3 Å². The highest BCUT2D eigenvalue weighted by Gasteiger charge is 2.46. The highest BCUT2D eigenvalue weighted by atomic mass is 16.6. The van der Waals surface area contributed by atoms with E-state index in [2.05, 4.69) is 41.0 Å². The number of nitrogens with zero attached hydrogens (tertiary/aromatic N) is 4. The Morgan fingerprint density at radius 1 is 1.00 bits per heavy atom. The van der Waals surface area contributed by atoms with E-state index < -0.39 is 16.9 Å². The van der Waals surface area contributed by atoms with E-state index >= 15 is 0 Å². The second-order valence-corrected chi connectivity index (χ2v) is 14.4. The van der Waals surface area contributed by atoms with Crippen LogP contribution in [0.1, 0.15) is 75.3 Å². The van der Waals surface area contributed by atoms with E-state index in [0.29, 0.717) is 24.2 Å². The van der Waals surface area contributed by atoms with Gasteiger partial charge in [-0.3, -0.25) is 19.8 Å². The molecular weight excluding hydrogens is 596 g/mol. The number of aliphatic carboxylic acids is 1. The number of carbonyl (C=O) groups is 2. The zero-order valence-corrected chi connectivity index (χ0v) is 27.6. The fraction of sp³-hybridized carbons (Fsp3) is 0.622. The van der Waals surface area contributed by atoms with E-state index in [-0.39, 0.29) is 36.4 Å². The molecular formula is C37H50N4O6. The summed E-state index contributed by atoms with van der Waals surface area (Å²) >= 11 is 0. The van der Waals surface area contributed by atoms with E-state index in [0.717, 1.165) is 83.2 Å². The van der Waals surface area contributed by atoms with Crippen molar-refractivity contribution in [2.45, 2.75) is 88.8 Å². The summed E-state index contributed by atoms with van der Waals surface area (Å²) in [4.78, 5) is 43.4. The molecule has 1 N–H and O–H groups in total. The number of nitro groups is 1. The van der Waals surface area contributed by atoms with Crippen molar-refractivity contribution in [3.63, 3.8) is 0 Å². The molecule has 2 aromatic carbocycles. The molecule has 4 fully saturated rings. The maximum Gasteiger partial charge on any atom is 0.410 e. The van der Waals surface area contributed by atoms with Gasteiger partial charge in [-0.1, -0.05) is 68.7 Å². The van der Waals surface area contributed by atoms with Crippen molar-refractivity contribution >= 4 is 17.7 Å². The van der Waals surface area contributed by atoms with Crippen molar-refractivity contribution in [3.8, 4) is 0 Å². The van der Waals surface area contributed by atoms with Crippen LogP contribution >= 0.6 is 0 Å². The van der Waals surface area contributed by atoms with Gasteiger partial charge in [0.05, 0.1) is 11.5 Å². The van der Waals surface area contributed by atoms with Gasteiger partial charge in [-0.2, -0.15) is 0 Å². The van der Waals surface area contributed by atoms with Crippen LogP contribution < -0.4 is 0 Å². The molecule has 0 aromatic heterocycles. The van der Waals surface area contributed by atoms with Crippen molar-refractivity contribution in [1.29, 1.82) is 0 Å². The third kappa shape index (κ3) is 8.15. The summed E-state index contributed by atoms with van der Waals surface area (Å²) in [5, 5.41) is 21.3. The molecule has 10 nitrogen and oxygen atoms in total. The maximum atomic E-state index is 13.4. The summed E-state index contributed by atoms with van der Waals surface area (Å²) in [6.07, 6.45) is 8.55. The Morgan fingerprint density at radius 3 is 2.30 bits per heavy atom. The zero-order chi connectivity index (χ0) is 32.9. The number of benzene rings is 2. The van der Waals surface area contributed by atoms with Crippen LogP contribution in [0.15, 0.2) is 54.6 Å². The number of piperidine rings is 1. The van der Waals surface area contributed by atoms with Crippen LogP contribution in [0.25, 0.3) is 0 Å². The van der Waals surface area contributed by atoms with E-state index in [1.807, 2.05) is 11.0 Å². The molecule has 1 amide bonds. The number of non-ortho nitro benzene ring substituents is 1. The minimum absolute atomic E-state index is 0.0516. The summed E-state index contributed by atoms with van der Waals surface area (Å²) in [7, 11) is 0. The van der Waals surface area contributed by atoms with Gasteiger partial charge in [-0.25, -0.2) is 4.79 Å². The average Bonchev–Trinajstić information content (AvgIpc) is 3.65. The van der Waals surface area contributed by atoms with Gasteiger partial charge >= 0.3 is 12.1 Å². The topological polar surface area (TPSA) is 116 Å². The van der Waals surface area contributed by atoms with Gasteiger partial charge in [0.15, 0.2) is 0 Å². The standard InChI is InChI=1S/C37H50N4O6/c1-26-22-34(26)40(37(44)47-21-18-27-12-14-32(15-13-27)41(45)46)31-16-19-38(20-17-31)23-30-24-39(25-33(30)28-8-4-2-5-9-28)35(36(42)43)29-10-6-3-7-11-29/h2,4-5,8-9,12-15,26,29-31,33-35H,3,6-7,10-11,16-25H2,1H3,(H,42,43). The van der Waals surface area contributed by atoms with Gasteiger partial charge in [-0.15, -0.1) is 0 Å². The summed E-state index contributed by atoms with van der Waals surface area (Å²) < 4.78 is 5.78. The number of hydrogen-bond acceptors (Lipinski definition) is 7. The Kier molecular flexibility index (Phi) is 10.8. The Hall–Kier alpha value is -3.50. The number of carboxylic acids is 1. The van der Waals surface area contributed by atoms with Gasteiger partial charge < -0.3 is 19.6 Å². The van der Waals surface area contributed by atoms with E-state index in [1.165, 1.54) is 24.1 Å². The number of carbonyl (C=O) groups excluding carboxylic acids is 1. The van der Waals surface area contributed by atoms with Crippen LogP contribution in [0.5, 0.6) is 0 Å². The van der Waals surface area contributed by atoms with E-state index in [1.54, 1.807) is 12.1 Å². The Labute approximate surface area is 278 Å². The molecule has 5 unspecified atom stereocenters. The first-order valence-corrected chi connectivity index (χ1v) is 17.7. The van der Waals surface area contributed by atoms with Gasteiger partial charge in [0, 0.05) is 69.3 Å². The number of amides is 1. The molecule has 2 saturated heterocycles. The smallest absolute Gasteiger partial charge is 0.410 e. The van der Waals surface area contributed by atoms with Crippen molar-refractivity contribution in [3.05, 3.63) is 75.8 Å². The minimum Gasteiger partial charge on any atom is -0.480 e. The zero-order valence-electron chi connectivity index (χ0n) is 27.6. The second-order valence-electron chi connectivity index (χ2n) is 14.4. The van der Waals surface area contributed by atoms with Crippen LogP contribution in [-0.2, 0) is 16.0 Å². The van der Waals surface area contributed by atoms with Gasteiger partial charge in [0.1, 0.15) is 6.04 Å². The van der Waals surface area contributed by atoms with Crippen LogP contribution in [0.2, 0.25) is 0 Å². The third-order valence-corrected chi connectivity index (χ3v) is 11.3. The van der Waals surface area contributed by atoms with Crippen LogP contribution in [0.3, 0.4) is 0 Å². The summed E-state index contributed by atoms with van der Waals surface area (Å²) in [5.74, 6) is 0.686. The predicted octanol–water partition coefficient (Wildman–Crippen LogP) is 6.20. The molecule has 0 radical (unpaired) electrons. The maximum absolute atomic E-state index is 13.4. The highest BCUT2D eigenvalue weighted by Crippen LogP contribution is 2.40. The molecule has 10 heteroatoms. The number of nitro benzene ring substituents is 1. The lowest BCUT2D eigenvalue weighted by atomic mass is 9.83. The van der Waals surface area contributed by atoms with Crippen LogP contribution in [-0.4, -0.2) is 94.2 Å². The lowest BCUT2D eigenvalue weighted by Gasteiger charge is -2.39. The molecule has 2 aromatic rings. The van der Waals surface area contributed by atoms with Crippen molar-refractivity contribution in [2.24, 2.45) is 17.8 Å². The molecule has 0 bridgehead atoms. The Bertz CT molecular complexity index is 1360. The Balaban J connectivity index is 1.05. The lowest BCUT2D eigenvalue weighted by Crippen LogP contribution is -2.50. The summed E-state index contributed by atoms with van der Waals surface area (Å²) in [6, 6.07) is 17.0. The molecule has 47 heavy (non-hydrogen) atoms. The quantitative estimate of drug-likeness (QED) is 0.214. The number of carboxylic acid groups (broad SMARTS) is 1. The van der Waals surface area contributed by atoms with Crippen molar-refractivity contribution < 1.29 is 24.4 Å². The normalized spacial score (nSPS) is 26.5. The largest absolute Gasteiger partial charge is 0.480 e. The molecule has 0 spiro atoms. The lowest BCUT2D eigenvalue weighted by molar-refractivity contribution is -0.384. The molecule has 5 atom stereocenters. The first kappa shape index (κ1) is 33.4. The fourth-order valence-electron chi connectivity index (χ4n) is 8.57. The summed E-state index contributed by atoms with van der Waals surface area (Å²) in [6.45, 7) is 6.76.